The molecule has 1 N–H and O–H groups in total. The molecule has 0 radical (unpaired) electrons. The molecule has 0 saturated heterocycles. The highest BCUT2D eigenvalue weighted by molar-refractivity contribution is 7.98. The van der Waals surface area contributed by atoms with Gasteiger partial charge < -0.3 is 0 Å². The summed E-state index contributed by atoms with van der Waals surface area (Å²) in [5.74, 6) is 0.719. The normalized spacial score (nSPS) is 10.5. The number of rotatable bonds is 3. The van der Waals surface area contributed by atoms with E-state index in [0.717, 1.165) is 10.8 Å². The smallest absolute Gasteiger partial charge is 0.231 e. The van der Waals surface area contributed by atoms with E-state index < -0.39 is 0 Å². The van der Waals surface area contributed by atoms with Gasteiger partial charge >= 0.3 is 0 Å². The summed E-state index contributed by atoms with van der Waals surface area (Å²) in [4.78, 5) is 4.09. The molecule has 5 nitrogen and oxygen atoms in total. The van der Waals surface area contributed by atoms with Gasteiger partial charge in [-0.3, -0.25) is 0 Å². The zero-order valence-corrected chi connectivity index (χ0v) is 8.66. The SMILES string of the molecule is Clc1cnc(CSc2nn[nH]n2)s1. The second-order valence-electron chi connectivity index (χ2n) is 2.04. The molecule has 0 atom stereocenters. The monoisotopic (exact) mass is 233 g/mol. The molecule has 2 heterocycles. The molecule has 0 fully saturated rings. The van der Waals surface area contributed by atoms with Gasteiger partial charge in [0.25, 0.3) is 0 Å². The van der Waals surface area contributed by atoms with Gasteiger partial charge in [-0.1, -0.05) is 23.4 Å². The third-order valence-electron chi connectivity index (χ3n) is 1.18. The van der Waals surface area contributed by atoms with Gasteiger partial charge in [0.1, 0.15) is 9.34 Å². The summed E-state index contributed by atoms with van der Waals surface area (Å²) in [7, 11) is 0. The van der Waals surface area contributed by atoms with Gasteiger partial charge in [0.2, 0.25) is 5.16 Å². The van der Waals surface area contributed by atoms with Gasteiger partial charge in [-0.2, -0.15) is 5.21 Å². The number of nitrogens with zero attached hydrogens (tertiary/aromatic N) is 4. The lowest BCUT2D eigenvalue weighted by molar-refractivity contribution is 0.881. The third kappa shape index (κ3) is 2.39. The maximum atomic E-state index is 5.72. The van der Waals surface area contributed by atoms with E-state index in [1.807, 2.05) is 0 Å². The predicted octanol–water partition coefficient (Wildman–Crippen LogP) is 1.60. The average molecular weight is 234 g/mol. The van der Waals surface area contributed by atoms with Crippen LogP contribution in [0.25, 0.3) is 0 Å². The fourth-order valence-electron chi connectivity index (χ4n) is 0.695. The second-order valence-corrected chi connectivity index (χ2v) is 4.73. The van der Waals surface area contributed by atoms with Crippen LogP contribution in [0.4, 0.5) is 0 Å². The van der Waals surface area contributed by atoms with Crippen LogP contribution in [0.15, 0.2) is 11.4 Å². The molecule has 13 heavy (non-hydrogen) atoms. The van der Waals surface area contributed by atoms with Crippen LogP contribution in [-0.2, 0) is 5.75 Å². The van der Waals surface area contributed by atoms with E-state index in [-0.39, 0.29) is 0 Å². The Morgan fingerprint density at radius 1 is 1.62 bits per heavy atom. The Hall–Kier alpha value is -0.660. The molecule has 8 heteroatoms. The minimum absolute atomic E-state index is 0.617. The number of hydrogen-bond donors (Lipinski definition) is 1. The molecule has 0 aliphatic rings. The summed E-state index contributed by atoms with van der Waals surface area (Å²) in [6, 6.07) is 0. The fourth-order valence-corrected chi connectivity index (χ4v) is 2.39. The quantitative estimate of drug-likeness (QED) is 0.816. The number of hydrogen-bond acceptors (Lipinski definition) is 6. The zero-order chi connectivity index (χ0) is 9.10. The minimum atomic E-state index is 0.617. The molecule has 2 aromatic heterocycles. The lowest BCUT2D eigenvalue weighted by Gasteiger charge is -1.89. The Kier molecular flexibility index (Phi) is 2.77. The lowest BCUT2D eigenvalue weighted by atomic mass is 10.8. The number of aromatic nitrogens is 5. The summed E-state index contributed by atoms with van der Waals surface area (Å²) in [5, 5.41) is 15.0. The molecule has 2 rings (SSSR count). The predicted molar refractivity (Wildman–Crippen MR) is 50.9 cm³/mol. The van der Waals surface area contributed by atoms with E-state index in [1.54, 1.807) is 6.20 Å². The van der Waals surface area contributed by atoms with Gasteiger partial charge in [0.15, 0.2) is 0 Å². The number of thiazole rings is 1. The molecular weight excluding hydrogens is 230 g/mol. The maximum Gasteiger partial charge on any atom is 0.231 e. The van der Waals surface area contributed by atoms with Crippen LogP contribution in [0, 0.1) is 0 Å². The Balaban J connectivity index is 1.93. The molecule has 0 aromatic carbocycles. The van der Waals surface area contributed by atoms with Crippen LogP contribution in [-0.4, -0.2) is 25.6 Å². The highest BCUT2D eigenvalue weighted by Crippen LogP contribution is 2.24. The molecule has 0 amide bonds. The zero-order valence-electron chi connectivity index (χ0n) is 6.27. The van der Waals surface area contributed by atoms with E-state index >= 15 is 0 Å². The number of halogens is 1. The molecule has 0 unspecified atom stereocenters. The average Bonchev–Trinajstić information content (AvgIpc) is 2.71. The van der Waals surface area contributed by atoms with E-state index in [9.17, 15) is 0 Å². The number of H-pyrrole nitrogens is 1. The number of tetrazole rings is 1. The molecule has 0 saturated carbocycles. The van der Waals surface area contributed by atoms with Crippen LogP contribution in [0.5, 0.6) is 0 Å². The number of thioether (sulfide) groups is 1. The van der Waals surface area contributed by atoms with Crippen molar-refractivity contribution in [3.8, 4) is 0 Å². The van der Waals surface area contributed by atoms with Crippen LogP contribution in [0.3, 0.4) is 0 Å². The molecule has 0 aliphatic carbocycles. The van der Waals surface area contributed by atoms with Crippen molar-refractivity contribution >= 4 is 34.7 Å². The first-order valence-electron chi connectivity index (χ1n) is 3.31. The standard InChI is InChI=1S/C5H4ClN5S2/c6-3-1-7-4(13-3)2-12-5-8-10-11-9-5/h1H,2H2,(H,8,9,10,11). The molecule has 0 spiro atoms. The first-order valence-corrected chi connectivity index (χ1v) is 5.49. The second kappa shape index (κ2) is 4.03. The van der Waals surface area contributed by atoms with Crippen molar-refractivity contribution in [3.05, 3.63) is 15.5 Å². The number of aromatic amines is 1. The topological polar surface area (TPSA) is 67.3 Å². The lowest BCUT2D eigenvalue weighted by Crippen LogP contribution is -1.79. The van der Waals surface area contributed by atoms with Crippen molar-refractivity contribution in [2.45, 2.75) is 10.9 Å². The Morgan fingerprint density at radius 2 is 2.54 bits per heavy atom. The Bertz CT molecular complexity index is 372. The largest absolute Gasteiger partial charge is 0.247 e. The fraction of sp³-hybridized carbons (Fsp3) is 0.200. The minimum Gasteiger partial charge on any atom is -0.247 e. The van der Waals surface area contributed by atoms with Crippen molar-refractivity contribution in [1.82, 2.24) is 25.6 Å². The number of nitrogens with one attached hydrogen (secondary N) is 1. The van der Waals surface area contributed by atoms with E-state index in [0.29, 0.717) is 9.49 Å². The first-order chi connectivity index (χ1) is 6.34. The third-order valence-corrected chi connectivity index (χ3v) is 3.32. The van der Waals surface area contributed by atoms with E-state index in [4.69, 9.17) is 11.6 Å². The van der Waals surface area contributed by atoms with Gasteiger partial charge in [-0.25, -0.2) is 4.98 Å². The van der Waals surface area contributed by atoms with Crippen molar-refractivity contribution in [1.29, 1.82) is 0 Å². The summed E-state index contributed by atoms with van der Waals surface area (Å²) in [5.41, 5.74) is 0. The van der Waals surface area contributed by atoms with Crippen LogP contribution >= 0.6 is 34.7 Å². The highest BCUT2D eigenvalue weighted by Gasteiger charge is 2.03. The van der Waals surface area contributed by atoms with Gasteiger partial charge in [0.05, 0.1) is 11.9 Å². The Labute approximate surface area is 86.9 Å². The maximum absolute atomic E-state index is 5.72. The van der Waals surface area contributed by atoms with Crippen LogP contribution < -0.4 is 0 Å². The van der Waals surface area contributed by atoms with Gasteiger partial charge in [-0.15, -0.1) is 21.5 Å². The van der Waals surface area contributed by atoms with E-state index in [1.165, 1.54) is 23.1 Å². The van der Waals surface area contributed by atoms with Crippen molar-refractivity contribution in [2.75, 3.05) is 0 Å². The van der Waals surface area contributed by atoms with E-state index in [2.05, 4.69) is 25.6 Å². The summed E-state index contributed by atoms with van der Waals surface area (Å²) in [6.07, 6.45) is 1.64. The van der Waals surface area contributed by atoms with Crippen molar-refractivity contribution in [3.63, 3.8) is 0 Å². The molecule has 0 aliphatic heterocycles. The summed E-state index contributed by atoms with van der Waals surface area (Å²) >= 11 is 8.64. The molecule has 0 bridgehead atoms. The van der Waals surface area contributed by atoms with Crippen LogP contribution in [0.1, 0.15) is 5.01 Å². The summed E-state index contributed by atoms with van der Waals surface area (Å²) in [6.45, 7) is 0. The molecule has 68 valence electrons. The highest BCUT2D eigenvalue weighted by atomic mass is 35.5. The molecule has 2 aromatic rings. The van der Waals surface area contributed by atoms with Crippen LogP contribution in [0.2, 0.25) is 4.34 Å². The van der Waals surface area contributed by atoms with Crippen molar-refractivity contribution < 1.29 is 0 Å². The molecular formula is C5H4ClN5S2. The van der Waals surface area contributed by atoms with Gasteiger partial charge in [-0.05, 0) is 5.21 Å². The Morgan fingerprint density at radius 3 is 3.15 bits per heavy atom. The van der Waals surface area contributed by atoms with Gasteiger partial charge in [0, 0.05) is 0 Å². The first kappa shape index (κ1) is 8.92. The summed E-state index contributed by atoms with van der Waals surface area (Å²) < 4.78 is 0.698. The van der Waals surface area contributed by atoms with Crippen molar-refractivity contribution in [2.24, 2.45) is 0 Å².